The molecule has 0 aliphatic rings. The average Bonchev–Trinajstić information content (AvgIpc) is 2.96. The summed E-state index contributed by atoms with van der Waals surface area (Å²) in [5, 5.41) is 6.15. The number of alkyl halides is 3. The van der Waals surface area contributed by atoms with Crippen LogP contribution in [-0.4, -0.2) is 43.3 Å². The van der Waals surface area contributed by atoms with Gasteiger partial charge in [0.1, 0.15) is 17.2 Å². The zero-order valence-corrected chi connectivity index (χ0v) is 25.2. The van der Waals surface area contributed by atoms with Crippen LogP contribution in [-0.2, 0) is 38.0 Å². The number of aromatic nitrogens is 3. The first-order valence-electron chi connectivity index (χ1n) is 13.0. The van der Waals surface area contributed by atoms with Crippen molar-refractivity contribution in [3.8, 4) is 0 Å². The van der Waals surface area contributed by atoms with E-state index in [2.05, 4.69) is 25.6 Å². The smallest absolute Gasteiger partial charge is 0.365 e. The molecule has 4 rings (SSSR count). The molecule has 4 aromatic rings. The zero-order valence-electron chi connectivity index (χ0n) is 23.5. The number of benzene rings is 2. The predicted octanol–water partition coefficient (Wildman–Crippen LogP) is 5.78. The van der Waals surface area contributed by atoms with Crippen LogP contribution in [0.3, 0.4) is 0 Å². The average molecular weight is 635 g/mol. The summed E-state index contributed by atoms with van der Waals surface area (Å²) in [5.74, 6) is -0.536. The number of rotatable bonds is 12. The molecule has 2 aromatic carbocycles. The zero-order chi connectivity index (χ0) is 31.3. The van der Waals surface area contributed by atoms with E-state index in [-0.39, 0.29) is 31.1 Å². The Kier molecular flexibility index (Phi) is 9.73. The van der Waals surface area contributed by atoms with Gasteiger partial charge in [-0.05, 0) is 42.8 Å². The van der Waals surface area contributed by atoms with Crippen LogP contribution in [0, 0.1) is 0 Å². The van der Waals surface area contributed by atoms with E-state index in [1.54, 1.807) is 67.6 Å². The number of nitrogens with zero attached hydrogens (tertiary/aromatic N) is 4. The quantitative estimate of drug-likeness (QED) is 0.187. The maximum atomic E-state index is 13.8. The summed E-state index contributed by atoms with van der Waals surface area (Å²) in [6.07, 6.45) is -1.54. The fourth-order valence-electron chi connectivity index (χ4n) is 4.11. The monoisotopic (exact) mass is 634 g/mol. The van der Waals surface area contributed by atoms with Gasteiger partial charge in [0.2, 0.25) is 23.3 Å². The third-order valence-corrected chi connectivity index (χ3v) is 10.0. The molecule has 1 unspecified atom stereocenters. The summed E-state index contributed by atoms with van der Waals surface area (Å²) in [6, 6.07) is 18.9. The lowest BCUT2D eigenvalue weighted by Crippen LogP contribution is -2.27. The molecule has 0 radical (unpaired) electrons. The van der Waals surface area contributed by atoms with Crippen molar-refractivity contribution in [2.45, 2.75) is 25.8 Å². The molecule has 10 nitrogen and oxygen atoms in total. The van der Waals surface area contributed by atoms with Crippen molar-refractivity contribution in [1.29, 1.82) is 0 Å². The van der Waals surface area contributed by atoms with Gasteiger partial charge in [-0.25, -0.2) is 18.4 Å². The molecule has 43 heavy (non-hydrogen) atoms. The van der Waals surface area contributed by atoms with Gasteiger partial charge < -0.3 is 15.2 Å². The lowest BCUT2D eigenvalue weighted by Gasteiger charge is -2.20. The lowest BCUT2D eigenvalue weighted by molar-refractivity contribution is -0.137. The SMILES string of the molecule is CCOP(=O)(Cc1ccc(Nc2ncc(C(F)(F)F)c(NCc3cccnc3N(C)S(C)(=O)=O)n2)cc1)c1ccccc1. The molecule has 0 aliphatic carbocycles. The summed E-state index contributed by atoms with van der Waals surface area (Å²) in [7, 11) is -5.51. The Morgan fingerprint density at radius 1 is 1.00 bits per heavy atom. The second-order valence-electron chi connectivity index (χ2n) is 9.43. The molecule has 0 saturated carbocycles. The predicted molar refractivity (Wildman–Crippen MR) is 161 cm³/mol. The topological polar surface area (TPSA) is 126 Å². The van der Waals surface area contributed by atoms with Gasteiger partial charge in [0, 0.05) is 42.5 Å². The van der Waals surface area contributed by atoms with Gasteiger partial charge in [-0.2, -0.15) is 18.2 Å². The molecule has 0 saturated heterocycles. The molecular formula is C28H30F3N6O4PS. The van der Waals surface area contributed by atoms with E-state index in [4.69, 9.17) is 4.52 Å². The molecule has 2 N–H and O–H groups in total. The van der Waals surface area contributed by atoms with E-state index in [0.29, 0.717) is 22.8 Å². The largest absolute Gasteiger partial charge is 0.421 e. The van der Waals surface area contributed by atoms with E-state index < -0.39 is 34.9 Å². The van der Waals surface area contributed by atoms with E-state index in [1.165, 1.54) is 13.2 Å². The minimum Gasteiger partial charge on any atom is -0.365 e. The molecule has 0 fully saturated rings. The van der Waals surface area contributed by atoms with Crippen molar-refractivity contribution < 1.29 is 30.7 Å². The summed E-state index contributed by atoms with van der Waals surface area (Å²) in [5.41, 5.74) is 0.480. The van der Waals surface area contributed by atoms with Crippen LogP contribution in [0.1, 0.15) is 23.6 Å². The molecule has 0 aliphatic heterocycles. The maximum absolute atomic E-state index is 13.8. The minimum absolute atomic E-state index is 0.0692. The molecule has 0 spiro atoms. The number of sulfonamides is 1. The first kappa shape index (κ1) is 31.9. The van der Waals surface area contributed by atoms with Gasteiger partial charge in [0.15, 0.2) is 0 Å². The van der Waals surface area contributed by atoms with Crippen LogP contribution < -0.4 is 20.2 Å². The Morgan fingerprint density at radius 2 is 1.70 bits per heavy atom. The van der Waals surface area contributed by atoms with Crippen molar-refractivity contribution in [3.05, 3.63) is 95.8 Å². The van der Waals surface area contributed by atoms with E-state index in [1.807, 2.05) is 6.07 Å². The summed E-state index contributed by atoms with van der Waals surface area (Å²) in [6.45, 7) is 1.86. The molecule has 2 aromatic heterocycles. The minimum atomic E-state index is -4.75. The second-order valence-corrected chi connectivity index (χ2v) is 13.9. The van der Waals surface area contributed by atoms with Gasteiger partial charge in [-0.1, -0.05) is 36.4 Å². The van der Waals surface area contributed by atoms with Crippen molar-refractivity contribution >= 4 is 46.0 Å². The molecular weight excluding hydrogens is 604 g/mol. The fraction of sp³-hybridized carbons (Fsp3) is 0.250. The van der Waals surface area contributed by atoms with Gasteiger partial charge in [-0.15, -0.1) is 0 Å². The van der Waals surface area contributed by atoms with Gasteiger partial charge in [-0.3, -0.25) is 8.87 Å². The van der Waals surface area contributed by atoms with Crippen LogP contribution >= 0.6 is 7.37 Å². The van der Waals surface area contributed by atoms with Gasteiger partial charge in [0.25, 0.3) is 0 Å². The van der Waals surface area contributed by atoms with E-state index in [9.17, 15) is 26.2 Å². The highest BCUT2D eigenvalue weighted by atomic mass is 32.2. The first-order valence-corrected chi connectivity index (χ1v) is 16.7. The highest BCUT2D eigenvalue weighted by molar-refractivity contribution is 7.92. The van der Waals surface area contributed by atoms with Crippen molar-refractivity contribution in [3.63, 3.8) is 0 Å². The van der Waals surface area contributed by atoms with Crippen LogP contribution in [0.5, 0.6) is 0 Å². The summed E-state index contributed by atoms with van der Waals surface area (Å²) < 4.78 is 85.6. The Morgan fingerprint density at radius 3 is 2.33 bits per heavy atom. The molecule has 15 heteroatoms. The highest BCUT2D eigenvalue weighted by Crippen LogP contribution is 2.49. The third kappa shape index (κ3) is 8.09. The summed E-state index contributed by atoms with van der Waals surface area (Å²) >= 11 is 0. The number of hydrogen-bond donors (Lipinski definition) is 2. The molecule has 2 heterocycles. The standard InChI is InChI=1S/C28H30F3N6O4PS/c1-4-41-42(38,23-10-6-5-7-11-23)19-20-12-14-22(15-13-20)35-27-34-18-24(28(29,30)31)25(36-27)33-17-21-9-8-16-32-26(21)37(2)43(3,39)40/h5-16,18H,4,17,19H2,1-3H3,(H2,33,34,35,36). The number of pyridine rings is 1. The molecule has 0 bridgehead atoms. The Hall–Kier alpha value is -4.00. The molecule has 228 valence electrons. The van der Waals surface area contributed by atoms with E-state index in [0.717, 1.165) is 16.1 Å². The van der Waals surface area contributed by atoms with Crippen molar-refractivity contribution in [1.82, 2.24) is 15.0 Å². The van der Waals surface area contributed by atoms with E-state index >= 15 is 0 Å². The number of anilines is 4. The molecule has 0 amide bonds. The Bertz CT molecular complexity index is 1710. The number of halogens is 3. The fourth-order valence-corrected chi connectivity index (χ4v) is 6.75. The van der Waals surface area contributed by atoms with Crippen LogP contribution in [0.4, 0.5) is 36.4 Å². The maximum Gasteiger partial charge on any atom is 0.421 e. The highest BCUT2D eigenvalue weighted by Gasteiger charge is 2.35. The lowest BCUT2D eigenvalue weighted by atomic mass is 10.2. The second kappa shape index (κ2) is 13.1. The third-order valence-electron chi connectivity index (χ3n) is 6.29. The normalized spacial score (nSPS) is 13.3. The first-order chi connectivity index (χ1) is 20.3. The van der Waals surface area contributed by atoms with Crippen molar-refractivity contribution in [2.75, 3.05) is 34.8 Å². The van der Waals surface area contributed by atoms with Gasteiger partial charge in [0.05, 0.1) is 19.0 Å². The Balaban J connectivity index is 1.54. The number of hydrogen-bond acceptors (Lipinski definition) is 9. The van der Waals surface area contributed by atoms with Gasteiger partial charge >= 0.3 is 6.18 Å². The van der Waals surface area contributed by atoms with Crippen LogP contribution in [0.15, 0.2) is 79.1 Å². The molecule has 1 atom stereocenters. The number of nitrogens with one attached hydrogen (secondary N) is 2. The van der Waals surface area contributed by atoms with Crippen molar-refractivity contribution in [2.24, 2.45) is 0 Å². The summed E-state index contributed by atoms with van der Waals surface area (Å²) in [4.78, 5) is 12.0. The Labute approximate surface area is 247 Å². The van der Waals surface area contributed by atoms with Crippen LogP contribution in [0.25, 0.3) is 0 Å². The van der Waals surface area contributed by atoms with Crippen LogP contribution in [0.2, 0.25) is 0 Å².